The summed E-state index contributed by atoms with van der Waals surface area (Å²) in [5.41, 5.74) is -2.68. The lowest BCUT2D eigenvalue weighted by Crippen LogP contribution is -2.40. The van der Waals surface area contributed by atoms with Crippen LogP contribution in [0.1, 0.15) is 20.1 Å². The van der Waals surface area contributed by atoms with Gasteiger partial charge in [0.1, 0.15) is 12.2 Å². The van der Waals surface area contributed by atoms with Gasteiger partial charge in [0.2, 0.25) is 0 Å². The van der Waals surface area contributed by atoms with Gasteiger partial charge in [-0.15, -0.1) is 0 Å². The lowest BCUT2D eigenvalue weighted by Gasteiger charge is -2.26. The van der Waals surface area contributed by atoms with Crippen LogP contribution in [0, 0.1) is 0 Å². The third kappa shape index (κ3) is 2.41. The molecule has 2 rings (SSSR count). The smallest absolute Gasteiger partial charge is 0.301 e. The molecule has 2 N–H and O–H groups in total. The number of alkyl halides is 1. The third-order valence-electron chi connectivity index (χ3n) is 3.23. The Balaban J connectivity index is 2.43. The summed E-state index contributed by atoms with van der Waals surface area (Å²) in [6, 6.07) is 1.04. The van der Waals surface area contributed by atoms with Crippen LogP contribution in [-0.4, -0.2) is 50.9 Å². The fourth-order valence-corrected chi connectivity index (χ4v) is 2.17. The van der Waals surface area contributed by atoms with Gasteiger partial charge in [-0.1, -0.05) is 0 Å². The number of halogens is 1. The second-order valence-electron chi connectivity index (χ2n) is 4.69. The molecule has 1 aromatic heterocycles. The fourth-order valence-electron chi connectivity index (χ4n) is 2.17. The van der Waals surface area contributed by atoms with Crippen molar-refractivity contribution >= 4 is 0 Å². The van der Waals surface area contributed by atoms with Gasteiger partial charge in [0, 0.05) is 12.3 Å². The van der Waals surface area contributed by atoms with Crippen molar-refractivity contribution in [2.75, 3.05) is 13.2 Å². The number of hydrogen-bond acceptors (Lipinski definition) is 6. The van der Waals surface area contributed by atoms with Crippen LogP contribution >= 0.6 is 0 Å². The quantitative estimate of drug-likeness (QED) is 0.784. The first-order valence-corrected chi connectivity index (χ1v) is 6.27. The summed E-state index contributed by atoms with van der Waals surface area (Å²) in [5.74, 6) is 0. The molecule has 0 bridgehead atoms. The topological polar surface area (TPSA) is 93.8 Å². The molecule has 20 heavy (non-hydrogen) atoms. The van der Waals surface area contributed by atoms with Crippen LogP contribution < -0.4 is 10.3 Å². The van der Waals surface area contributed by atoms with E-state index in [1.165, 1.54) is 10.8 Å². The van der Waals surface area contributed by atoms with E-state index in [0.717, 1.165) is 13.0 Å². The molecule has 0 radical (unpaired) electrons. The second kappa shape index (κ2) is 5.47. The van der Waals surface area contributed by atoms with Gasteiger partial charge in [0.05, 0.1) is 13.2 Å². The van der Waals surface area contributed by atoms with Gasteiger partial charge in [0.15, 0.2) is 11.9 Å². The predicted molar refractivity (Wildman–Crippen MR) is 66.2 cm³/mol. The SMILES string of the molecule is CCOc1nc(=O)ccn1[C@@H]1O[C@H](CO)C(O)[C@@]1(C)F. The minimum absolute atomic E-state index is 0.0975. The fraction of sp³-hybridized carbons (Fsp3) is 0.667. The molecule has 1 fully saturated rings. The minimum Gasteiger partial charge on any atom is -0.465 e. The Bertz CT molecular complexity index is 533. The summed E-state index contributed by atoms with van der Waals surface area (Å²) < 4.78 is 26.3. The van der Waals surface area contributed by atoms with Crippen molar-refractivity contribution in [3.63, 3.8) is 0 Å². The van der Waals surface area contributed by atoms with Crippen LogP contribution in [0.3, 0.4) is 0 Å². The Morgan fingerprint density at radius 1 is 1.65 bits per heavy atom. The number of ether oxygens (including phenoxy) is 2. The number of aliphatic hydroxyl groups excluding tert-OH is 2. The normalized spacial score (nSPS) is 33.4. The molecule has 112 valence electrons. The van der Waals surface area contributed by atoms with Gasteiger partial charge in [-0.05, 0) is 13.8 Å². The molecule has 0 spiro atoms. The monoisotopic (exact) mass is 288 g/mol. The van der Waals surface area contributed by atoms with Gasteiger partial charge in [-0.25, -0.2) is 4.39 Å². The highest BCUT2D eigenvalue weighted by atomic mass is 19.1. The maximum Gasteiger partial charge on any atom is 0.301 e. The molecule has 8 heteroatoms. The van der Waals surface area contributed by atoms with Gasteiger partial charge in [-0.2, -0.15) is 4.98 Å². The number of aliphatic hydroxyl groups is 2. The lowest BCUT2D eigenvalue weighted by atomic mass is 9.98. The predicted octanol–water partition coefficient (Wildman–Crippen LogP) is -0.379. The highest BCUT2D eigenvalue weighted by Gasteiger charge is 2.55. The maximum atomic E-state index is 14.6. The Morgan fingerprint density at radius 3 is 2.90 bits per heavy atom. The molecule has 2 heterocycles. The van der Waals surface area contributed by atoms with E-state index in [1.54, 1.807) is 6.92 Å². The average molecular weight is 288 g/mol. The standard InChI is InChI=1S/C12H17FN2O5/c1-3-19-11-14-8(17)4-5-15(11)10-12(2,13)9(18)7(6-16)20-10/h4-5,7,9-10,16,18H,3,6H2,1-2H3/t7-,9?,10-,12-/m1/s1. The van der Waals surface area contributed by atoms with Crippen molar-refractivity contribution in [1.82, 2.24) is 9.55 Å². The highest BCUT2D eigenvalue weighted by molar-refractivity contribution is 5.07. The zero-order valence-electron chi connectivity index (χ0n) is 11.2. The summed E-state index contributed by atoms with van der Waals surface area (Å²) in [6.07, 6.45) is -2.51. The van der Waals surface area contributed by atoms with Gasteiger partial charge in [0.25, 0.3) is 5.56 Å². The zero-order valence-corrected chi connectivity index (χ0v) is 11.2. The Morgan fingerprint density at radius 2 is 2.35 bits per heavy atom. The van der Waals surface area contributed by atoms with Crippen molar-refractivity contribution < 1.29 is 24.1 Å². The van der Waals surface area contributed by atoms with E-state index in [1.807, 2.05) is 0 Å². The molecule has 0 saturated carbocycles. The molecule has 4 atom stereocenters. The third-order valence-corrected chi connectivity index (χ3v) is 3.23. The van der Waals surface area contributed by atoms with E-state index in [0.29, 0.717) is 0 Å². The summed E-state index contributed by atoms with van der Waals surface area (Å²) >= 11 is 0. The highest BCUT2D eigenvalue weighted by Crippen LogP contribution is 2.42. The van der Waals surface area contributed by atoms with Crippen molar-refractivity contribution in [2.45, 2.75) is 38.0 Å². The average Bonchev–Trinajstić information content (AvgIpc) is 2.62. The first kappa shape index (κ1) is 14.9. The molecule has 0 amide bonds. The molecule has 1 aliphatic heterocycles. The maximum absolute atomic E-state index is 14.6. The molecular weight excluding hydrogens is 271 g/mol. The van der Waals surface area contributed by atoms with E-state index in [-0.39, 0.29) is 12.6 Å². The van der Waals surface area contributed by atoms with Crippen LogP contribution in [0.5, 0.6) is 6.01 Å². The van der Waals surface area contributed by atoms with E-state index in [9.17, 15) is 14.3 Å². The Hall–Kier alpha value is -1.51. The molecule has 1 unspecified atom stereocenters. The number of nitrogens with zero attached hydrogens (tertiary/aromatic N) is 2. The van der Waals surface area contributed by atoms with Crippen LogP contribution in [0.2, 0.25) is 0 Å². The van der Waals surface area contributed by atoms with Crippen LogP contribution in [-0.2, 0) is 4.74 Å². The molecule has 1 aromatic rings. The molecule has 1 saturated heterocycles. The number of rotatable bonds is 4. The van der Waals surface area contributed by atoms with Crippen LogP contribution in [0.25, 0.3) is 0 Å². The van der Waals surface area contributed by atoms with E-state index < -0.39 is 36.3 Å². The molecule has 0 aliphatic carbocycles. The van der Waals surface area contributed by atoms with Gasteiger partial charge < -0.3 is 19.7 Å². The summed E-state index contributed by atoms with van der Waals surface area (Å²) in [5, 5.41) is 18.9. The first-order chi connectivity index (χ1) is 9.41. The zero-order chi connectivity index (χ0) is 14.9. The summed E-state index contributed by atoms with van der Waals surface area (Å²) in [7, 11) is 0. The largest absolute Gasteiger partial charge is 0.465 e. The summed E-state index contributed by atoms with van der Waals surface area (Å²) in [4.78, 5) is 14.9. The van der Waals surface area contributed by atoms with Crippen LogP contribution in [0.15, 0.2) is 17.1 Å². The molecule has 1 aliphatic rings. The molecule has 7 nitrogen and oxygen atoms in total. The lowest BCUT2D eigenvalue weighted by molar-refractivity contribution is -0.0632. The van der Waals surface area contributed by atoms with Gasteiger partial charge >= 0.3 is 6.01 Å². The first-order valence-electron chi connectivity index (χ1n) is 6.27. The minimum atomic E-state index is -2.16. The second-order valence-corrected chi connectivity index (χ2v) is 4.69. The Labute approximate surface area is 114 Å². The molecular formula is C12H17FN2O5. The molecule has 0 aromatic carbocycles. The van der Waals surface area contributed by atoms with E-state index >= 15 is 0 Å². The van der Waals surface area contributed by atoms with Crippen LogP contribution in [0.4, 0.5) is 4.39 Å². The number of hydrogen-bond donors (Lipinski definition) is 2. The van der Waals surface area contributed by atoms with Crippen molar-refractivity contribution in [1.29, 1.82) is 0 Å². The van der Waals surface area contributed by atoms with Crippen molar-refractivity contribution in [2.24, 2.45) is 0 Å². The van der Waals surface area contributed by atoms with Crippen molar-refractivity contribution in [3.8, 4) is 6.01 Å². The van der Waals surface area contributed by atoms with Gasteiger partial charge in [-0.3, -0.25) is 9.36 Å². The van der Waals surface area contributed by atoms with E-state index in [2.05, 4.69) is 4.98 Å². The van der Waals surface area contributed by atoms with E-state index in [4.69, 9.17) is 14.6 Å². The summed E-state index contributed by atoms with van der Waals surface area (Å²) in [6.45, 7) is 2.57. The van der Waals surface area contributed by atoms with Crippen molar-refractivity contribution in [3.05, 3.63) is 22.6 Å². The Kier molecular flexibility index (Phi) is 4.07. The number of aromatic nitrogens is 2.